The molecular formula is C16H10Cl2FN3S. The molecule has 0 amide bonds. The Morgan fingerprint density at radius 2 is 1.91 bits per heavy atom. The van der Waals surface area contributed by atoms with Crippen LogP contribution in [0.25, 0.3) is 11.3 Å². The average molecular weight is 366 g/mol. The third-order valence-electron chi connectivity index (χ3n) is 2.99. The third-order valence-corrected chi connectivity index (χ3v) is 4.57. The molecule has 3 aromatic rings. The number of hydrogen-bond donors (Lipinski definition) is 1. The summed E-state index contributed by atoms with van der Waals surface area (Å²) in [5.74, 6) is -0.273. The van der Waals surface area contributed by atoms with Gasteiger partial charge in [-0.15, -0.1) is 11.3 Å². The van der Waals surface area contributed by atoms with Crippen LogP contribution in [0.15, 0.2) is 52.9 Å². The molecule has 1 heterocycles. The van der Waals surface area contributed by atoms with E-state index in [1.54, 1.807) is 30.5 Å². The minimum Gasteiger partial charge on any atom is -0.253 e. The van der Waals surface area contributed by atoms with Gasteiger partial charge in [-0.05, 0) is 30.3 Å². The molecule has 0 atom stereocenters. The van der Waals surface area contributed by atoms with Gasteiger partial charge >= 0.3 is 0 Å². The highest BCUT2D eigenvalue weighted by Gasteiger charge is 2.05. The van der Waals surface area contributed by atoms with Gasteiger partial charge in [0.25, 0.3) is 0 Å². The number of benzene rings is 2. The second-order valence-corrected chi connectivity index (χ2v) is 6.20. The summed E-state index contributed by atoms with van der Waals surface area (Å²) in [5, 5.41) is 7.53. The van der Waals surface area contributed by atoms with E-state index in [9.17, 15) is 4.39 Å². The molecule has 0 spiro atoms. The number of nitrogens with zero attached hydrogens (tertiary/aromatic N) is 2. The Morgan fingerprint density at radius 1 is 1.13 bits per heavy atom. The lowest BCUT2D eigenvalue weighted by molar-refractivity contribution is 0.628. The summed E-state index contributed by atoms with van der Waals surface area (Å²) in [6.07, 6.45) is 1.58. The van der Waals surface area contributed by atoms with Crippen molar-refractivity contribution in [3.05, 3.63) is 69.3 Å². The zero-order chi connectivity index (χ0) is 16.2. The minimum atomic E-state index is -0.273. The van der Waals surface area contributed by atoms with Crippen LogP contribution in [-0.2, 0) is 0 Å². The Bertz CT molecular complexity index is 847. The first kappa shape index (κ1) is 15.9. The molecule has 0 fully saturated rings. The van der Waals surface area contributed by atoms with Gasteiger partial charge in [0.1, 0.15) is 5.82 Å². The summed E-state index contributed by atoms with van der Waals surface area (Å²) in [4.78, 5) is 4.39. The summed E-state index contributed by atoms with van der Waals surface area (Å²) < 4.78 is 12.9. The molecule has 1 N–H and O–H groups in total. The molecule has 23 heavy (non-hydrogen) atoms. The van der Waals surface area contributed by atoms with E-state index >= 15 is 0 Å². The normalized spacial score (nSPS) is 11.1. The van der Waals surface area contributed by atoms with Crippen LogP contribution >= 0.6 is 34.5 Å². The molecule has 0 aliphatic carbocycles. The summed E-state index contributed by atoms with van der Waals surface area (Å²) in [5.41, 5.74) is 5.16. The van der Waals surface area contributed by atoms with E-state index in [1.807, 2.05) is 11.4 Å². The van der Waals surface area contributed by atoms with E-state index in [0.29, 0.717) is 20.7 Å². The van der Waals surface area contributed by atoms with Crippen molar-refractivity contribution in [3.63, 3.8) is 0 Å². The predicted octanol–water partition coefficient (Wildman–Crippen LogP) is 5.70. The van der Waals surface area contributed by atoms with E-state index in [-0.39, 0.29) is 5.82 Å². The summed E-state index contributed by atoms with van der Waals surface area (Å²) in [6, 6.07) is 11.5. The smallest absolute Gasteiger partial charge is 0.203 e. The molecule has 0 radical (unpaired) electrons. The molecular weight excluding hydrogens is 356 g/mol. The van der Waals surface area contributed by atoms with Crippen LogP contribution in [0.2, 0.25) is 10.0 Å². The number of halogens is 3. The van der Waals surface area contributed by atoms with Gasteiger partial charge in [-0.1, -0.05) is 35.3 Å². The fraction of sp³-hybridized carbons (Fsp3) is 0. The molecule has 116 valence electrons. The number of thiazole rings is 1. The molecule has 0 aliphatic rings. The minimum absolute atomic E-state index is 0.273. The van der Waals surface area contributed by atoms with E-state index in [0.717, 1.165) is 11.3 Å². The zero-order valence-corrected chi connectivity index (χ0v) is 14.0. The number of anilines is 1. The molecule has 3 nitrogen and oxygen atoms in total. The monoisotopic (exact) mass is 365 g/mol. The Kier molecular flexibility index (Phi) is 4.91. The van der Waals surface area contributed by atoms with E-state index in [4.69, 9.17) is 23.2 Å². The van der Waals surface area contributed by atoms with Crippen LogP contribution < -0.4 is 5.43 Å². The molecule has 2 aromatic carbocycles. The number of hydrogen-bond acceptors (Lipinski definition) is 4. The van der Waals surface area contributed by atoms with Crippen LogP contribution in [0.4, 0.5) is 9.52 Å². The average Bonchev–Trinajstić information content (AvgIpc) is 3.01. The fourth-order valence-corrected chi connectivity index (χ4v) is 2.88. The lowest BCUT2D eigenvalue weighted by Crippen LogP contribution is -1.91. The van der Waals surface area contributed by atoms with Gasteiger partial charge in [0.15, 0.2) is 0 Å². The molecule has 1 aromatic heterocycles. The Labute approximate surface area is 146 Å². The highest BCUT2D eigenvalue weighted by Crippen LogP contribution is 2.26. The SMILES string of the molecule is Fc1ccc(-c2csc(N/N=C\c3cccc(Cl)c3Cl)n2)cc1. The van der Waals surface area contributed by atoms with Crippen LogP contribution in [0.1, 0.15) is 5.56 Å². The Hall–Kier alpha value is -1.95. The van der Waals surface area contributed by atoms with Crippen molar-refractivity contribution in [1.82, 2.24) is 4.98 Å². The molecule has 0 saturated carbocycles. The third kappa shape index (κ3) is 3.88. The molecule has 7 heteroatoms. The van der Waals surface area contributed by atoms with Crippen molar-refractivity contribution in [1.29, 1.82) is 0 Å². The first-order valence-electron chi connectivity index (χ1n) is 6.58. The van der Waals surface area contributed by atoms with Crippen molar-refractivity contribution >= 4 is 45.9 Å². The quantitative estimate of drug-likeness (QED) is 0.475. The molecule has 0 saturated heterocycles. The topological polar surface area (TPSA) is 37.3 Å². The Morgan fingerprint density at radius 3 is 2.70 bits per heavy atom. The number of aromatic nitrogens is 1. The lowest BCUT2D eigenvalue weighted by atomic mass is 10.2. The molecule has 0 unspecified atom stereocenters. The van der Waals surface area contributed by atoms with Crippen LogP contribution in [0.3, 0.4) is 0 Å². The van der Waals surface area contributed by atoms with Gasteiger partial charge in [-0.3, -0.25) is 5.43 Å². The van der Waals surface area contributed by atoms with Crippen molar-refractivity contribution in [2.45, 2.75) is 0 Å². The molecule has 3 rings (SSSR count). The summed E-state index contributed by atoms with van der Waals surface area (Å²) in [6.45, 7) is 0. The van der Waals surface area contributed by atoms with Crippen LogP contribution in [0.5, 0.6) is 0 Å². The standard InChI is InChI=1S/C16H10Cl2FN3S/c17-13-3-1-2-11(15(13)18)8-20-22-16-21-14(9-23-16)10-4-6-12(19)7-5-10/h1-9H,(H,21,22)/b20-8-. The second kappa shape index (κ2) is 7.08. The van der Waals surface area contributed by atoms with Crippen LogP contribution in [0, 0.1) is 5.82 Å². The Balaban J connectivity index is 1.71. The largest absolute Gasteiger partial charge is 0.253 e. The maximum absolute atomic E-state index is 12.9. The lowest BCUT2D eigenvalue weighted by Gasteiger charge is -1.99. The van der Waals surface area contributed by atoms with Crippen molar-refractivity contribution in [2.75, 3.05) is 5.43 Å². The van der Waals surface area contributed by atoms with Crippen molar-refractivity contribution in [3.8, 4) is 11.3 Å². The van der Waals surface area contributed by atoms with Crippen molar-refractivity contribution in [2.24, 2.45) is 5.10 Å². The highest BCUT2D eigenvalue weighted by molar-refractivity contribution is 7.14. The highest BCUT2D eigenvalue weighted by atomic mass is 35.5. The first-order chi connectivity index (χ1) is 11.1. The number of rotatable bonds is 4. The van der Waals surface area contributed by atoms with Crippen molar-refractivity contribution < 1.29 is 4.39 Å². The van der Waals surface area contributed by atoms with Gasteiger partial charge in [-0.25, -0.2) is 9.37 Å². The number of nitrogens with one attached hydrogen (secondary N) is 1. The van der Waals surface area contributed by atoms with Gasteiger partial charge in [0, 0.05) is 16.5 Å². The van der Waals surface area contributed by atoms with Gasteiger partial charge in [0.2, 0.25) is 5.13 Å². The van der Waals surface area contributed by atoms with E-state index < -0.39 is 0 Å². The fourth-order valence-electron chi connectivity index (χ4n) is 1.86. The van der Waals surface area contributed by atoms with Crippen LogP contribution in [-0.4, -0.2) is 11.2 Å². The molecule has 0 bridgehead atoms. The second-order valence-electron chi connectivity index (χ2n) is 4.56. The maximum atomic E-state index is 12.9. The predicted molar refractivity (Wildman–Crippen MR) is 95.2 cm³/mol. The first-order valence-corrected chi connectivity index (χ1v) is 8.21. The van der Waals surface area contributed by atoms with Gasteiger partial charge in [-0.2, -0.15) is 5.10 Å². The van der Waals surface area contributed by atoms with E-state index in [2.05, 4.69) is 15.5 Å². The maximum Gasteiger partial charge on any atom is 0.203 e. The summed E-state index contributed by atoms with van der Waals surface area (Å²) in [7, 11) is 0. The van der Waals surface area contributed by atoms with E-state index in [1.165, 1.54) is 23.5 Å². The van der Waals surface area contributed by atoms with Gasteiger partial charge in [0.05, 0.1) is 22.0 Å². The molecule has 0 aliphatic heterocycles. The van der Waals surface area contributed by atoms with Gasteiger partial charge < -0.3 is 0 Å². The summed E-state index contributed by atoms with van der Waals surface area (Å²) >= 11 is 13.4. The zero-order valence-electron chi connectivity index (χ0n) is 11.6. The number of hydrazone groups is 1.